The lowest BCUT2D eigenvalue weighted by atomic mass is 10.1. The Morgan fingerprint density at radius 2 is 1.77 bits per heavy atom. The first-order valence-corrected chi connectivity index (χ1v) is 8.59. The van der Waals surface area contributed by atoms with E-state index in [9.17, 15) is 4.79 Å². The van der Waals surface area contributed by atoms with Gasteiger partial charge in [0, 0.05) is 19.3 Å². The summed E-state index contributed by atoms with van der Waals surface area (Å²) in [6.45, 7) is 3.69. The van der Waals surface area contributed by atoms with Crippen LogP contribution in [0.4, 0.5) is 5.69 Å². The number of para-hydroxylation sites is 1. The van der Waals surface area contributed by atoms with Crippen molar-refractivity contribution in [3.05, 3.63) is 65.7 Å². The van der Waals surface area contributed by atoms with Gasteiger partial charge in [-0.2, -0.15) is 0 Å². The van der Waals surface area contributed by atoms with Crippen molar-refractivity contribution in [2.45, 2.75) is 13.5 Å². The van der Waals surface area contributed by atoms with E-state index in [1.54, 1.807) is 7.11 Å². The number of nitrogens with zero attached hydrogens (tertiary/aromatic N) is 1. The number of benzene rings is 2. The minimum absolute atomic E-state index is 0.111. The Labute approximate surface area is 154 Å². The van der Waals surface area contributed by atoms with E-state index >= 15 is 0 Å². The zero-order valence-electron chi connectivity index (χ0n) is 15.3. The number of rotatable bonds is 8. The van der Waals surface area contributed by atoms with Crippen LogP contribution in [0.1, 0.15) is 11.1 Å². The van der Waals surface area contributed by atoms with Crippen LogP contribution in [0, 0.1) is 6.92 Å². The number of hydrogen-bond donors (Lipinski definition) is 3. The van der Waals surface area contributed by atoms with Gasteiger partial charge in [0.2, 0.25) is 5.91 Å². The van der Waals surface area contributed by atoms with Crippen molar-refractivity contribution >= 4 is 17.6 Å². The molecule has 0 heterocycles. The van der Waals surface area contributed by atoms with Crippen LogP contribution in [0.15, 0.2) is 59.6 Å². The second-order valence-corrected chi connectivity index (χ2v) is 5.84. The third kappa shape index (κ3) is 7.36. The van der Waals surface area contributed by atoms with Crippen molar-refractivity contribution < 1.29 is 9.53 Å². The maximum Gasteiger partial charge on any atom is 0.239 e. The van der Waals surface area contributed by atoms with Gasteiger partial charge in [-0.05, 0) is 24.6 Å². The summed E-state index contributed by atoms with van der Waals surface area (Å²) in [4.78, 5) is 16.5. The van der Waals surface area contributed by atoms with E-state index in [2.05, 4.69) is 52.1 Å². The maximum atomic E-state index is 11.9. The molecule has 26 heavy (non-hydrogen) atoms. The normalized spacial score (nSPS) is 11.1. The predicted octanol–water partition coefficient (Wildman–Crippen LogP) is 2.32. The van der Waals surface area contributed by atoms with Gasteiger partial charge < -0.3 is 20.7 Å². The fourth-order valence-corrected chi connectivity index (χ4v) is 2.18. The largest absolute Gasteiger partial charge is 0.383 e. The number of amides is 1. The minimum Gasteiger partial charge on any atom is -0.383 e. The summed E-state index contributed by atoms with van der Waals surface area (Å²) < 4.78 is 4.92. The maximum absolute atomic E-state index is 11.9. The second kappa shape index (κ2) is 10.9. The summed E-state index contributed by atoms with van der Waals surface area (Å²) in [6, 6.07) is 18.0. The number of aliphatic imine (C=N–C) groups is 1. The summed E-state index contributed by atoms with van der Waals surface area (Å²) in [6.07, 6.45) is 0. The summed E-state index contributed by atoms with van der Waals surface area (Å²) in [5.41, 5.74) is 3.22. The average Bonchev–Trinajstić information content (AvgIpc) is 2.66. The summed E-state index contributed by atoms with van der Waals surface area (Å²) in [5.74, 6) is 0.443. The van der Waals surface area contributed by atoms with Crippen LogP contribution in [0.2, 0.25) is 0 Å². The molecule has 1 amide bonds. The van der Waals surface area contributed by atoms with Gasteiger partial charge in [-0.1, -0.05) is 48.0 Å². The van der Waals surface area contributed by atoms with Crippen LogP contribution < -0.4 is 16.0 Å². The number of nitrogens with one attached hydrogen (secondary N) is 3. The van der Waals surface area contributed by atoms with E-state index in [-0.39, 0.29) is 12.5 Å². The number of anilines is 1. The lowest BCUT2D eigenvalue weighted by molar-refractivity contribution is -0.120. The van der Waals surface area contributed by atoms with Crippen molar-refractivity contribution in [1.82, 2.24) is 10.6 Å². The van der Waals surface area contributed by atoms with Crippen LogP contribution in [0.5, 0.6) is 0 Å². The fourth-order valence-electron chi connectivity index (χ4n) is 2.18. The molecule has 3 N–H and O–H groups in total. The highest BCUT2D eigenvalue weighted by atomic mass is 16.5. The number of carbonyl (C=O) groups is 1. The molecule has 2 rings (SSSR count). The molecule has 138 valence electrons. The Morgan fingerprint density at radius 1 is 1.04 bits per heavy atom. The molecular formula is C20H26N4O2. The molecule has 0 saturated carbocycles. The van der Waals surface area contributed by atoms with Gasteiger partial charge in [-0.25, -0.2) is 4.99 Å². The van der Waals surface area contributed by atoms with Crippen LogP contribution in [0.3, 0.4) is 0 Å². The number of aryl methyl sites for hydroxylation is 1. The lowest BCUT2D eigenvalue weighted by Crippen LogP contribution is -2.40. The van der Waals surface area contributed by atoms with Crippen molar-refractivity contribution in [2.24, 2.45) is 4.99 Å². The summed E-state index contributed by atoms with van der Waals surface area (Å²) >= 11 is 0. The first-order chi connectivity index (χ1) is 12.7. The van der Waals surface area contributed by atoms with Gasteiger partial charge in [-0.3, -0.25) is 4.79 Å². The van der Waals surface area contributed by atoms with Crippen molar-refractivity contribution in [2.75, 3.05) is 32.1 Å². The van der Waals surface area contributed by atoms with E-state index in [0.29, 0.717) is 25.7 Å². The molecule has 0 unspecified atom stereocenters. The Bertz CT molecular complexity index is 700. The monoisotopic (exact) mass is 354 g/mol. The van der Waals surface area contributed by atoms with Crippen LogP contribution in [0.25, 0.3) is 0 Å². The van der Waals surface area contributed by atoms with Gasteiger partial charge in [0.05, 0.1) is 19.7 Å². The molecular weight excluding hydrogens is 328 g/mol. The summed E-state index contributed by atoms with van der Waals surface area (Å²) in [7, 11) is 1.60. The van der Waals surface area contributed by atoms with E-state index in [0.717, 1.165) is 11.3 Å². The SMILES string of the molecule is COCCNC(=O)CNC(=NCc1ccc(C)cc1)Nc1ccccc1. The second-order valence-electron chi connectivity index (χ2n) is 5.84. The molecule has 0 aliphatic carbocycles. The Balaban J connectivity index is 1.97. The fraction of sp³-hybridized carbons (Fsp3) is 0.300. The first kappa shape index (κ1) is 19.5. The van der Waals surface area contributed by atoms with Crippen molar-refractivity contribution in [3.63, 3.8) is 0 Å². The van der Waals surface area contributed by atoms with E-state index in [1.807, 2.05) is 30.3 Å². The average molecular weight is 354 g/mol. The summed E-state index contributed by atoms with van der Waals surface area (Å²) in [5, 5.41) is 9.05. The van der Waals surface area contributed by atoms with Crippen LogP contribution in [-0.4, -0.2) is 38.7 Å². The molecule has 2 aromatic carbocycles. The molecule has 2 aromatic rings. The van der Waals surface area contributed by atoms with E-state index in [1.165, 1.54) is 5.56 Å². The molecule has 0 aliphatic heterocycles. The number of methoxy groups -OCH3 is 1. The molecule has 0 radical (unpaired) electrons. The molecule has 0 aliphatic rings. The number of carbonyl (C=O) groups excluding carboxylic acids is 1. The third-order valence-corrected chi connectivity index (χ3v) is 3.62. The Hall–Kier alpha value is -2.86. The van der Waals surface area contributed by atoms with E-state index < -0.39 is 0 Å². The molecule has 0 saturated heterocycles. The first-order valence-electron chi connectivity index (χ1n) is 8.59. The highest BCUT2D eigenvalue weighted by Crippen LogP contribution is 2.07. The van der Waals surface area contributed by atoms with Crippen LogP contribution >= 0.6 is 0 Å². The molecule has 0 bridgehead atoms. The van der Waals surface area contributed by atoms with Gasteiger partial charge in [0.25, 0.3) is 0 Å². The highest BCUT2D eigenvalue weighted by Gasteiger charge is 2.04. The quantitative estimate of drug-likeness (QED) is 0.386. The topological polar surface area (TPSA) is 74.8 Å². The minimum atomic E-state index is -0.111. The standard InChI is InChI=1S/C20H26N4O2/c1-16-8-10-17(11-9-16)14-22-20(24-18-6-4-3-5-7-18)23-15-19(25)21-12-13-26-2/h3-11H,12-15H2,1-2H3,(H,21,25)(H2,22,23,24). The van der Waals surface area contributed by atoms with Crippen molar-refractivity contribution in [3.8, 4) is 0 Å². The zero-order valence-corrected chi connectivity index (χ0v) is 15.3. The van der Waals surface area contributed by atoms with Gasteiger partial charge >= 0.3 is 0 Å². The molecule has 6 heteroatoms. The molecule has 0 spiro atoms. The Morgan fingerprint density at radius 3 is 2.46 bits per heavy atom. The Kier molecular flexibility index (Phi) is 8.15. The lowest BCUT2D eigenvalue weighted by Gasteiger charge is -2.13. The predicted molar refractivity (Wildman–Crippen MR) is 105 cm³/mol. The number of guanidine groups is 1. The zero-order chi connectivity index (χ0) is 18.6. The van der Waals surface area contributed by atoms with E-state index in [4.69, 9.17) is 4.74 Å². The van der Waals surface area contributed by atoms with Crippen molar-refractivity contribution in [1.29, 1.82) is 0 Å². The van der Waals surface area contributed by atoms with Gasteiger partial charge in [0.15, 0.2) is 5.96 Å². The van der Waals surface area contributed by atoms with Gasteiger partial charge in [0.1, 0.15) is 0 Å². The smallest absolute Gasteiger partial charge is 0.239 e. The van der Waals surface area contributed by atoms with Crippen LogP contribution in [-0.2, 0) is 16.1 Å². The number of hydrogen-bond acceptors (Lipinski definition) is 3. The number of ether oxygens (including phenoxy) is 1. The molecule has 6 nitrogen and oxygen atoms in total. The third-order valence-electron chi connectivity index (χ3n) is 3.62. The molecule has 0 fully saturated rings. The van der Waals surface area contributed by atoms with Gasteiger partial charge in [-0.15, -0.1) is 0 Å². The molecule has 0 atom stereocenters. The highest BCUT2D eigenvalue weighted by molar-refractivity contribution is 5.95. The molecule has 0 aromatic heterocycles.